The third-order valence-corrected chi connectivity index (χ3v) is 4.77. The van der Waals surface area contributed by atoms with Gasteiger partial charge < -0.3 is 5.32 Å². The van der Waals surface area contributed by atoms with E-state index in [1.54, 1.807) is 6.20 Å². The summed E-state index contributed by atoms with van der Waals surface area (Å²) in [6.45, 7) is 3.02. The molecule has 2 atom stereocenters. The van der Waals surface area contributed by atoms with E-state index in [1.807, 2.05) is 12.1 Å². The molecule has 0 aromatic carbocycles. The van der Waals surface area contributed by atoms with Gasteiger partial charge in [-0.2, -0.15) is 0 Å². The Bertz CT molecular complexity index is 498. The number of fused-ring (bicyclic) bond motifs is 2. The fourth-order valence-corrected chi connectivity index (χ4v) is 3.34. The van der Waals surface area contributed by atoms with Crippen molar-refractivity contribution in [3.05, 3.63) is 22.8 Å². The van der Waals surface area contributed by atoms with Gasteiger partial charge >= 0.3 is 0 Å². The molecule has 0 aliphatic carbocycles. The van der Waals surface area contributed by atoms with Crippen LogP contribution in [0.2, 0.25) is 0 Å². The second-order valence-corrected chi connectivity index (χ2v) is 6.54. The predicted molar refractivity (Wildman–Crippen MR) is 81.6 cm³/mol. The van der Waals surface area contributed by atoms with Crippen molar-refractivity contribution >= 4 is 27.7 Å². The summed E-state index contributed by atoms with van der Waals surface area (Å²) in [6, 6.07) is 5.04. The molecule has 6 heteroatoms. The van der Waals surface area contributed by atoms with Crippen LogP contribution in [0.25, 0.3) is 0 Å². The van der Waals surface area contributed by atoms with E-state index < -0.39 is 0 Å². The summed E-state index contributed by atoms with van der Waals surface area (Å²) in [7, 11) is 2.20. The van der Waals surface area contributed by atoms with Crippen LogP contribution >= 0.6 is 15.9 Å². The highest BCUT2D eigenvalue weighted by Crippen LogP contribution is 2.30. The number of hydrogen-bond donors (Lipinski definition) is 1. The van der Waals surface area contributed by atoms with Crippen molar-refractivity contribution in [2.75, 3.05) is 32.0 Å². The Morgan fingerprint density at radius 1 is 1.50 bits per heavy atom. The van der Waals surface area contributed by atoms with Gasteiger partial charge in [-0.15, -0.1) is 0 Å². The van der Waals surface area contributed by atoms with Crippen LogP contribution in [0.5, 0.6) is 0 Å². The maximum Gasteiger partial charge on any atom is 0.226 e. The first-order chi connectivity index (χ1) is 9.61. The lowest BCUT2D eigenvalue weighted by molar-refractivity contribution is -0.117. The number of pyridine rings is 1. The molecular formula is C14H19BrN4O. The van der Waals surface area contributed by atoms with E-state index in [0.717, 1.165) is 24.1 Å². The zero-order chi connectivity index (χ0) is 14.1. The molecule has 3 saturated heterocycles. The van der Waals surface area contributed by atoms with Crippen LogP contribution in [-0.4, -0.2) is 59.5 Å². The van der Waals surface area contributed by atoms with Gasteiger partial charge in [0.05, 0.1) is 0 Å². The third kappa shape index (κ3) is 3.02. The van der Waals surface area contributed by atoms with E-state index in [4.69, 9.17) is 0 Å². The minimum Gasteiger partial charge on any atom is -0.311 e. The van der Waals surface area contributed by atoms with Gasteiger partial charge in [-0.05, 0) is 25.6 Å². The summed E-state index contributed by atoms with van der Waals surface area (Å²) < 4.78 is 0.918. The molecule has 1 N–H and O–H groups in total. The van der Waals surface area contributed by atoms with Crippen molar-refractivity contribution in [3.63, 3.8) is 0 Å². The Balaban J connectivity index is 1.44. The summed E-state index contributed by atoms with van der Waals surface area (Å²) in [4.78, 5) is 20.9. The van der Waals surface area contributed by atoms with Crippen LogP contribution in [0, 0.1) is 0 Å². The van der Waals surface area contributed by atoms with Gasteiger partial charge in [-0.1, -0.05) is 15.9 Å². The molecule has 108 valence electrons. The van der Waals surface area contributed by atoms with E-state index in [0.29, 0.717) is 24.3 Å². The quantitative estimate of drug-likeness (QED) is 0.905. The number of carbonyl (C=O) groups excluding carboxylic acids is 1. The molecular weight excluding hydrogens is 320 g/mol. The van der Waals surface area contributed by atoms with Gasteiger partial charge in [0.25, 0.3) is 0 Å². The molecule has 20 heavy (non-hydrogen) atoms. The van der Waals surface area contributed by atoms with E-state index >= 15 is 0 Å². The summed E-state index contributed by atoms with van der Waals surface area (Å²) >= 11 is 3.37. The van der Waals surface area contributed by atoms with Crippen LogP contribution in [0.4, 0.5) is 5.82 Å². The fraction of sp³-hybridized carbons (Fsp3) is 0.571. The number of rotatable bonds is 4. The summed E-state index contributed by atoms with van der Waals surface area (Å²) in [5.74, 6) is 0.633. The van der Waals surface area contributed by atoms with Crippen molar-refractivity contribution in [1.82, 2.24) is 14.8 Å². The van der Waals surface area contributed by atoms with Gasteiger partial charge in [-0.3, -0.25) is 14.6 Å². The topological polar surface area (TPSA) is 48.5 Å². The monoisotopic (exact) mass is 338 g/mol. The lowest BCUT2D eigenvalue weighted by Crippen LogP contribution is -2.67. The highest BCUT2D eigenvalue weighted by molar-refractivity contribution is 9.10. The Morgan fingerprint density at radius 2 is 2.25 bits per heavy atom. The zero-order valence-corrected chi connectivity index (χ0v) is 13.1. The van der Waals surface area contributed by atoms with Crippen molar-refractivity contribution in [1.29, 1.82) is 0 Å². The van der Waals surface area contributed by atoms with E-state index in [-0.39, 0.29) is 5.91 Å². The first-order valence-corrected chi connectivity index (χ1v) is 7.77. The number of piperidine rings is 1. The second-order valence-electron chi connectivity index (χ2n) is 5.63. The molecule has 1 amide bonds. The Hall–Kier alpha value is -0.980. The van der Waals surface area contributed by atoms with Crippen LogP contribution in [-0.2, 0) is 4.79 Å². The van der Waals surface area contributed by atoms with E-state index in [1.165, 1.54) is 6.42 Å². The maximum atomic E-state index is 11.9. The SMILES string of the molecule is CN1C2CC1CN(CCC(=O)Nc1cc(Br)ccn1)C2. The molecule has 1 aromatic heterocycles. The zero-order valence-electron chi connectivity index (χ0n) is 11.6. The molecule has 4 heterocycles. The minimum atomic E-state index is 0.0307. The lowest BCUT2D eigenvalue weighted by Gasteiger charge is -2.55. The molecule has 0 saturated carbocycles. The van der Waals surface area contributed by atoms with Crippen molar-refractivity contribution < 1.29 is 4.79 Å². The summed E-state index contributed by atoms with van der Waals surface area (Å²) in [5, 5.41) is 2.84. The average molecular weight is 339 g/mol. The number of piperazine rings is 1. The molecule has 3 aliphatic rings. The predicted octanol–water partition coefficient (Wildman–Crippen LogP) is 1.56. The van der Waals surface area contributed by atoms with Gasteiger partial charge in [0, 0.05) is 48.8 Å². The van der Waals surface area contributed by atoms with Gasteiger partial charge in [-0.25, -0.2) is 4.98 Å². The number of amides is 1. The normalized spacial score (nSPS) is 26.1. The summed E-state index contributed by atoms with van der Waals surface area (Å²) in [6.07, 6.45) is 3.52. The number of likely N-dealkylation sites (N-methyl/N-ethyl adjacent to an activating group) is 1. The maximum absolute atomic E-state index is 11.9. The van der Waals surface area contributed by atoms with Gasteiger partial charge in [0.1, 0.15) is 5.82 Å². The number of anilines is 1. The molecule has 3 fully saturated rings. The molecule has 0 spiro atoms. The molecule has 4 rings (SSSR count). The van der Waals surface area contributed by atoms with E-state index in [2.05, 4.69) is 43.1 Å². The first-order valence-electron chi connectivity index (χ1n) is 6.97. The van der Waals surface area contributed by atoms with Crippen LogP contribution in [0.3, 0.4) is 0 Å². The first kappa shape index (κ1) is 14.0. The van der Waals surface area contributed by atoms with Gasteiger partial charge in [0.15, 0.2) is 0 Å². The highest BCUT2D eigenvalue weighted by atomic mass is 79.9. The molecule has 2 unspecified atom stereocenters. The second kappa shape index (κ2) is 5.79. The minimum absolute atomic E-state index is 0.0307. The fourth-order valence-electron chi connectivity index (χ4n) is 3.00. The van der Waals surface area contributed by atoms with Crippen molar-refractivity contribution in [3.8, 4) is 0 Å². The number of nitrogens with one attached hydrogen (secondary N) is 1. The Kier molecular flexibility index (Phi) is 4.05. The number of nitrogens with zero attached hydrogens (tertiary/aromatic N) is 3. The molecule has 1 aromatic rings. The van der Waals surface area contributed by atoms with Crippen molar-refractivity contribution in [2.24, 2.45) is 0 Å². The molecule has 2 bridgehead atoms. The third-order valence-electron chi connectivity index (χ3n) is 4.28. The molecule has 0 radical (unpaired) electrons. The average Bonchev–Trinajstić information content (AvgIpc) is 2.45. The lowest BCUT2D eigenvalue weighted by atomic mass is 9.88. The Morgan fingerprint density at radius 3 is 2.90 bits per heavy atom. The Labute approximate surface area is 127 Å². The summed E-state index contributed by atoms with van der Waals surface area (Å²) in [5.41, 5.74) is 0. The number of aromatic nitrogens is 1. The smallest absolute Gasteiger partial charge is 0.226 e. The van der Waals surface area contributed by atoms with Crippen molar-refractivity contribution in [2.45, 2.75) is 24.9 Å². The number of hydrogen-bond acceptors (Lipinski definition) is 4. The number of halogens is 1. The largest absolute Gasteiger partial charge is 0.311 e. The standard InChI is InChI=1S/C14H19BrN4O/c1-18-11-7-12(18)9-19(8-11)5-3-14(20)17-13-6-10(15)2-4-16-13/h2,4,6,11-12H,3,5,7-9H2,1H3,(H,16,17,20). The van der Waals surface area contributed by atoms with E-state index in [9.17, 15) is 4.79 Å². The van der Waals surface area contributed by atoms with Crippen LogP contribution in [0.1, 0.15) is 12.8 Å². The van der Waals surface area contributed by atoms with Crippen LogP contribution in [0.15, 0.2) is 22.8 Å². The molecule has 3 aliphatic heterocycles. The highest BCUT2D eigenvalue weighted by Gasteiger charge is 2.41. The molecule has 5 nitrogen and oxygen atoms in total. The number of carbonyl (C=O) groups is 1. The van der Waals surface area contributed by atoms with Crippen LogP contribution < -0.4 is 5.32 Å². The van der Waals surface area contributed by atoms with Gasteiger partial charge in [0.2, 0.25) is 5.91 Å².